The third-order valence-corrected chi connectivity index (χ3v) is 4.65. The fourth-order valence-corrected chi connectivity index (χ4v) is 3.54. The van der Waals surface area contributed by atoms with Gasteiger partial charge in [0.1, 0.15) is 0 Å². The van der Waals surface area contributed by atoms with Gasteiger partial charge >= 0.3 is 0 Å². The van der Waals surface area contributed by atoms with E-state index in [-0.39, 0.29) is 0 Å². The van der Waals surface area contributed by atoms with Crippen LogP contribution in [0.25, 0.3) is 11.0 Å². The van der Waals surface area contributed by atoms with E-state index in [2.05, 4.69) is 50.3 Å². The minimum atomic E-state index is 0.819. The SMILES string of the molecule is S=c1[nH]c2cc(I)ccc2n1CC1CCCC1. The van der Waals surface area contributed by atoms with Gasteiger partial charge in [-0.25, -0.2) is 0 Å². The van der Waals surface area contributed by atoms with E-state index in [0.29, 0.717) is 0 Å². The average molecular weight is 358 g/mol. The molecule has 1 aromatic heterocycles. The molecular formula is C13H15IN2S. The lowest BCUT2D eigenvalue weighted by atomic mass is 10.1. The number of rotatable bonds is 2. The van der Waals surface area contributed by atoms with E-state index in [0.717, 1.165) is 17.2 Å². The fourth-order valence-electron chi connectivity index (χ4n) is 2.77. The highest BCUT2D eigenvalue weighted by atomic mass is 127. The smallest absolute Gasteiger partial charge is 0.178 e. The number of imidazole rings is 1. The van der Waals surface area contributed by atoms with Gasteiger partial charge in [-0.05, 0) is 71.8 Å². The molecule has 1 fully saturated rings. The Morgan fingerprint density at radius 3 is 2.88 bits per heavy atom. The van der Waals surface area contributed by atoms with E-state index in [9.17, 15) is 0 Å². The van der Waals surface area contributed by atoms with E-state index in [1.807, 2.05) is 0 Å². The van der Waals surface area contributed by atoms with E-state index in [1.54, 1.807) is 0 Å². The van der Waals surface area contributed by atoms with Crippen LogP contribution in [0.4, 0.5) is 0 Å². The van der Waals surface area contributed by atoms with E-state index in [1.165, 1.54) is 40.3 Å². The number of hydrogen-bond acceptors (Lipinski definition) is 1. The largest absolute Gasteiger partial charge is 0.331 e. The summed E-state index contributed by atoms with van der Waals surface area (Å²) in [5, 5.41) is 0. The first kappa shape index (κ1) is 11.7. The first-order chi connectivity index (χ1) is 8.24. The number of hydrogen-bond donors (Lipinski definition) is 1. The van der Waals surface area contributed by atoms with Gasteiger partial charge < -0.3 is 9.55 Å². The van der Waals surface area contributed by atoms with Gasteiger partial charge in [0.05, 0.1) is 11.0 Å². The summed E-state index contributed by atoms with van der Waals surface area (Å²) in [7, 11) is 0. The maximum Gasteiger partial charge on any atom is 0.178 e. The Morgan fingerprint density at radius 1 is 1.35 bits per heavy atom. The summed E-state index contributed by atoms with van der Waals surface area (Å²) < 4.78 is 4.39. The zero-order valence-corrected chi connectivity index (χ0v) is 12.6. The molecule has 90 valence electrons. The Bertz CT molecular complexity index is 593. The number of nitrogens with zero attached hydrogens (tertiary/aromatic N) is 1. The van der Waals surface area contributed by atoms with Crippen LogP contribution < -0.4 is 0 Å². The quantitative estimate of drug-likeness (QED) is 0.620. The molecule has 0 atom stereocenters. The summed E-state index contributed by atoms with van der Waals surface area (Å²) in [6.07, 6.45) is 5.49. The molecule has 2 nitrogen and oxygen atoms in total. The number of H-pyrrole nitrogens is 1. The van der Waals surface area contributed by atoms with Gasteiger partial charge in [-0.15, -0.1) is 0 Å². The topological polar surface area (TPSA) is 20.7 Å². The van der Waals surface area contributed by atoms with Crippen LogP contribution in [-0.4, -0.2) is 9.55 Å². The molecular weight excluding hydrogens is 343 g/mol. The van der Waals surface area contributed by atoms with Crippen molar-refractivity contribution in [3.05, 3.63) is 26.5 Å². The lowest BCUT2D eigenvalue weighted by Gasteiger charge is -2.10. The van der Waals surface area contributed by atoms with Gasteiger partial charge in [0.25, 0.3) is 0 Å². The number of benzene rings is 1. The highest BCUT2D eigenvalue weighted by molar-refractivity contribution is 14.1. The van der Waals surface area contributed by atoms with E-state index >= 15 is 0 Å². The highest BCUT2D eigenvalue weighted by Crippen LogP contribution is 2.28. The molecule has 3 rings (SSSR count). The van der Waals surface area contributed by atoms with Crippen LogP contribution in [0, 0.1) is 14.3 Å². The molecule has 1 aromatic carbocycles. The Hall–Kier alpha value is -0.360. The predicted octanol–water partition coefficient (Wildman–Crippen LogP) is 4.49. The lowest BCUT2D eigenvalue weighted by Crippen LogP contribution is -2.07. The van der Waals surface area contributed by atoms with Crippen LogP contribution in [0.2, 0.25) is 0 Å². The van der Waals surface area contributed by atoms with Crippen molar-refractivity contribution in [2.75, 3.05) is 0 Å². The molecule has 1 heterocycles. The lowest BCUT2D eigenvalue weighted by molar-refractivity contribution is 0.461. The molecule has 1 N–H and O–H groups in total. The molecule has 0 amide bonds. The molecule has 17 heavy (non-hydrogen) atoms. The maximum atomic E-state index is 5.44. The van der Waals surface area contributed by atoms with Gasteiger partial charge in [0, 0.05) is 10.1 Å². The van der Waals surface area contributed by atoms with Crippen molar-refractivity contribution in [1.82, 2.24) is 9.55 Å². The fraction of sp³-hybridized carbons (Fsp3) is 0.462. The minimum Gasteiger partial charge on any atom is -0.331 e. The zero-order valence-electron chi connectivity index (χ0n) is 9.58. The number of nitrogens with one attached hydrogen (secondary N) is 1. The molecule has 1 saturated carbocycles. The van der Waals surface area contributed by atoms with E-state index in [4.69, 9.17) is 12.2 Å². The first-order valence-electron chi connectivity index (χ1n) is 6.12. The molecule has 1 aliphatic rings. The average Bonchev–Trinajstić information content (AvgIpc) is 2.88. The van der Waals surface area contributed by atoms with Crippen LogP contribution in [0.3, 0.4) is 0 Å². The van der Waals surface area contributed by atoms with Crippen molar-refractivity contribution in [2.24, 2.45) is 5.92 Å². The predicted molar refractivity (Wildman–Crippen MR) is 81.8 cm³/mol. The maximum absolute atomic E-state index is 5.44. The summed E-state index contributed by atoms with van der Waals surface area (Å²) in [4.78, 5) is 3.31. The number of fused-ring (bicyclic) bond motifs is 1. The summed E-state index contributed by atoms with van der Waals surface area (Å²) in [6, 6.07) is 6.49. The van der Waals surface area contributed by atoms with Crippen molar-refractivity contribution in [3.63, 3.8) is 0 Å². The molecule has 0 radical (unpaired) electrons. The van der Waals surface area contributed by atoms with Gasteiger partial charge in [-0.1, -0.05) is 12.8 Å². The zero-order chi connectivity index (χ0) is 11.8. The molecule has 2 aromatic rings. The van der Waals surface area contributed by atoms with Crippen molar-refractivity contribution >= 4 is 45.8 Å². The number of aromatic amines is 1. The van der Waals surface area contributed by atoms with Gasteiger partial charge in [-0.2, -0.15) is 0 Å². The molecule has 0 saturated heterocycles. The van der Waals surface area contributed by atoms with Crippen LogP contribution in [0.15, 0.2) is 18.2 Å². The molecule has 0 spiro atoms. The summed E-state index contributed by atoms with van der Waals surface area (Å²) in [5.74, 6) is 0.819. The first-order valence-corrected chi connectivity index (χ1v) is 7.61. The summed E-state index contributed by atoms with van der Waals surface area (Å²) >= 11 is 7.77. The normalized spacial score (nSPS) is 17.0. The standard InChI is InChI=1S/C13H15IN2S/c14-10-5-6-12-11(7-10)15-13(17)16(12)8-9-3-1-2-4-9/h5-7,9H,1-4,8H2,(H,15,17). The third-order valence-electron chi connectivity index (χ3n) is 3.65. The van der Waals surface area contributed by atoms with Crippen LogP contribution >= 0.6 is 34.8 Å². The van der Waals surface area contributed by atoms with Gasteiger partial charge in [0.15, 0.2) is 4.77 Å². The Kier molecular flexibility index (Phi) is 3.25. The Labute approximate surface area is 120 Å². The van der Waals surface area contributed by atoms with Crippen molar-refractivity contribution < 1.29 is 0 Å². The van der Waals surface area contributed by atoms with Crippen molar-refractivity contribution in [3.8, 4) is 0 Å². The summed E-state index contributed by atoms with van der Waals surface area (Å²) in [5.41, 5.74) is 2.42. The monoisotopic (exact) mass is 358 g/mol. The minimum absolute atomic E-state index is 0.819. The Balaban J connectivity index is 2.02. The third kappa shape index (κ3) is 2.29. The van der Waals surface area contributed by atoms with Gasteiger partial charge in [0.2, 0.25) is 0 Å². The second kappa shape index (κ2) is 4.72. The molecule has 0 unspecified atom stereocenters. The van der Waals surface area contributed by atoms with Crippen molar-refractivity contribution in [2.45, 2.75) is 32.2 Å². The molecule has 1 aliphatic carbocycles. The molecule has 0 bridgehead atoms. The van der Waals surface area contributed by atoms with Crippen LogP contribution in [-0.2, 0) is 6.54 Å². The number of halogens is 1. The van der Waals surface area contributed by atoms with E-state index < -0.39 is 0 Å². The van der Waals surface area contributed by atoms with Crippen LogP contribution in [0.5, 0.6) is 0 Å². The van der Waals surface area contributed by atoms with Crippen LogP contribution in [0.1, 0.15) is 25.7 Å². The molecule has 4 heteroatoms. The molecule has 0 aliphatic heterocycles. The second-order valence-corrected chi connectivity index (χ2v) is 6.49. The van der Waals surface area contributed by atoms with Crippen molar-refractivity contribution in [1.29, 1.82) is 0 Å². The Morgan fingerprint density at radius 2 is 2.12 bits per heavy atom. The van der Waals surface area contributed by atoms with Gasteiger partial charge in [-0.3, -0.25) is 0 Å². The summed E-state index contributed by atoms with van der Waals surface area (Å²) in [6.45, 7) is 1.08. The highest BCUT2D eigenvalue weighted by Gasteiger charge is 2.17. The second-order valence-electron chi connectivity index (χ2n) is 4.85. The number of aromatic nitrogens is 2.